The number of rotatable bonds is 3. The van der Waals surface area contributed by atoms with Crippen molar-refractivity contribution in [3.05, 3.63) is 29.8 Å². The third kappa shape index (κ3) is 3.91. The molecule has 1 fully saturated rings. The molecule has 2 rings (SSSR count). The fraction of sp³-hybridized carbons (Fsp3) is 0.500. The number of amides is 1. The third-order valence-corrected chi connectivity index (χ3v) is 3.53. The van der Waals surface area contributed by atoms with Crippen molar-refractivity contribution in [3.63, 3.8) is 0 Å². The molecule has 3 N–H and O–H groups in total. The highest BCUT2D eigenvalue weighted by Crippen LogP contribution is 2.36. The molecule has 0 saturated heterocycles. The van der Waals surface area contributed by atoms with Gasteiger partial charge in [0.25, 0.3) is 0 Å². The second-order valence-corrected chi connectivity index (χ2v) is 5.09. The largest absolute Gasteiger partial charge is 0.399 e. The summed E-state index contributed by atoms with van der Waals surface area (Å²) in [7, 11) is 0. The lowest BCUT2D eigenvalue weighted by Crippen LogP contribution is -2.35. The van der Waals surface area contributed by atoms with E-state index in [1.165, 1.54) is 0 Å². The van der Waals surface area contributed by atoms with Gasteiger partial charge in [-0.05, 0) is 30.5 Å². The van der Waals surface area contributed by atoms with Gasteiger partial charge in [-0.2, -0.15) is 0 Å². The van der Waals surface area contributed by atoms with Crippen LogP contribution in [0.5, 0.6) is 0 Å². The van der Waals surface area contributed by atoms with E-state index in [9.17, 15) is 13.6 Å². The molecule has 1 saturated carbocycles. The van der Waals surface area contributed by atoms with Gasteiger partial charge in [-0.25, -0.2) is 8.78 Å². The Bertz CT molecular complexity index is 435. The van der Waals surface area contributed by atoms with Crippen molar-refractivity contribution in [3.8, 4) is 0 Å². The average Bonchev–Trinajstić information content (AvgIpc) is 2.37. The minimum atomic E-state index is -2.59. The van der Waals surface area contributed by atoms with Gasteiger partial charge in [-0.3, -0.25) is 4.79 Å². The van der Waals surface area contributed by atoms with Crippen LogP contribution in [0.1, 0.15) is 31.2 Å². The number of nitrogen functional groups attached to an aromatic ring is 1. The minimum absolute atomic E-state index is 0.132. The number of halogens is 2. The maximum absolute atomic E-state index is 13.0. The van der Waals surface area contributed by atoms with Crippen LogP contribution in [-0.4, -0.2) is 11.8 Å². The van der Waals surface area contributed by atoms with Crippen molar-refractivity contribution < 1.29 is 13.6 Å². The number of hydrogen-bond acceptors (Lipinski definition) is 2. The van der Waals surface area contributed by atoms with Crippen LogP contribution in [0.25, 0.3) is 0 Å². The number of hydrogen-bond donors (Lipinski definition) is 2. The van der Waals surface area contributed by atoms with Gasteiger partial charge in [0, 0.05) is 31.0 Å². The Morgan fingerprint density at radius 1 is 1.26 bits per heavy atom. The number of carbonyl (C=O) groups is 1. The average molecular weight is 268 g/mol. The van der Waals surface area contributed by atoms with Gasteiger partial charge in [-0.15, -0.1) is 0 Å². The SMILES string of the molecule is Nc1ccc(CNC(=O)C2CCC(F)(F)CC2)cc1. The fourth-order valence-electron chi connectivity index (χ4n) is 2.27. The summed E-state index contributed by atoms with van der Waals surface area (Å²) in [6.45, 7) is 0.409. The maximum Gasteiger partial charge on any atom is 0.248 e. The van der Waals surface area contributed by atoms with Crippen molar-refractivity contribution in [1.29, 1.82) is 0 Å². The fourth-order valence-corrected chi connectivity index (χ4v) is 2.27. The zero-order chi connectivity index (χ0) is 13.9. The quantitative estimate of drug-likeness (QED) is 0.828. The highest BCUT2D eigenvalue weighted by Gasteiger charge is 2.37. The molecular formula is C14H18F2N2O. The molecule has 3 nitrogen and oxygen atoms in total. The first-order valence-electron chi connectivity index (χ1n) is 6.46. The molecule has 1 aromatic carbocycles. The van der Waals surface area contributed by atoms with E-state index in [-0.39, 0.29) is 37.5 Å². The zero-order valence-corrected chi connectivity index (χ0v) is 10.7. The Hall–Kier alpha value is -1.65. The van der Waals surface area contributed by atoms with Gasteiger partial charge in [-0.1, -0.05) is 12.1 Å². The molecule has 0 heterocycles. The van der Waals surface area contributed by atoms with Crippen LogP contribution in [0.15, 0.2) is 24.3 Å². The van der Waals surface area contributed by atoms with Crippen LogP contribution in [0.4, 0.5) is 14.5 Å². The van der Waals surface area contributed by atoms with Gasteiger partial charge < -0.3 is 11.1 Å². The normalized spacial score (nSPS) is 19.1. The highest BCUT2D eigenvalue weighted by atomic mass is 19.3. The molecule has 0 atom stereocenters. The number of nitrogens with two attached hydrogens (primary N) is 1. The molecule has 1 aliphatic carbocycles. The van der Waals surface area contributed by atoms with Gasteiger partial charge in [0.1, 0.15) is 0 Å². The minimum Gasteiger partial charge on any atom is -0.399 e. The van der Waals surface area contributed by atoms with Crippen LogP contribution >= 0.6 is 0 Å². The van der Waals surface area contributed by atoms with E-state index >= 15 is 0 Å². The van der Waals surface area contributed by atoms with E-state index < -0.39 is 5.92 Å². The molecule has 0 spiro atoms. The van der Waals surface area contributed by atoms with Crippen LogP contribution in [0, 0.1) is 5.92 Å². The molecule has 1 amide bonds. The van der Waals surface area contributed by atoms with E-state index in [0.29, 0.717) is 12.2 Å². The summed E-state index contributed by atoms with van der Waals surface area (Å²) < 4.78 is 26.0. The molecule has 104 valence electrons. The Kier molecular flexibility index (Phi) is 4.02. The summed E-state index contributed by atoms with van der Waals surface area (Å²) in [5, 5.41) is 2.79. The molecule has 0 aromatic heterocycles. The number of carbonyl (C=O) groups excluding carboxylic acids is 1. The smallest absolute Gasteiger partial charge is 0.248 e. The highest BCUT2D eigenvalue weighted by molar-refractivity contribution is 5.78. The van der Waals surface area contributed by atoms with Gasteiger partial charge in [0.2, 0.25) is 11.8 Å². The van der Waals surface area contributed by atoms with Gasteiger partial charge in [0.05, 0.1) is 0 Å². The standard InChI is InChI=1S/C14H18F2N2O/c15-14(16)7-5-11(6-8-14)13(19)18-9-10-1-3-12(17)4-2-10/h1-4,11H,5-9,17H2,(H,18,19). The summed E-state index contributed by atoms with van der Waals surface area (Å²) in [6, 6.07) is 7.21. The first-order valence-corrected chi connectivity index (χ1v) is 6.46. The lowest BCUT2D eigenvalue weighted by atomic mass is 9.86. The molecule has 0 unspecified atom stereocenters. The molecule has 0 bridgehead atoms. The number of nitrogens with one attached hydrogen (secondary N) is 1. The van der Waals surface area contributed by atoms with Gasteiger partial charge >= 0.3 is 0 Å². The molecule has 5 heteroatoms. The lowest BCUT2D eigenvalue weighted by Gasteiger charge is -2.27. The van der Waals surface area contributed by atoms with Crippen molar-refractivity contribution in [2.75, 3.05) is 5.73 Å². The molecule has 0 aliphatic heterocycles. The molecular weight excluding hydrogens is 250 g/mol. The number of alkyl halides is 2. The van der Waals surface area contributed by atoms with E-state index in [1.807, 2.05) is 12.1 Å². The van der Waals surface area contributed by atoms with Crippen LogP contribution < -0.4 is 11.1 Å². The van der Waals surface area contributed by atoms with Crippen LogP contribution in [0.2, 0.25) is 0 Å². The van der Waals surface area contributed by atoms with Crippen LogP contribution in [-0.2, 0) is 11.3 Å². The van der Waals surface area contributed by atoms with E-state index in [1.54, 1.807) is 12.1 Å². The predicted molar refractivity (Wildman–Crippen MR) is 69.6 cm³/mol. The van der Waals surface area contributed by atoms with Crippen molar-refractivity contribution >= 4 is 11.6 Å². The third-order valence-electron chi connectivity index (χ3n) is 3.53. The Labute approximate surface area is 111 Å². The second kappa shape index (κ2) is 5.55. The first kappa shape index (κ1) is 13.8. The molecule has 0 radical (unpaired) electrons. The zero-order valence-electron chi connectivity index (χ0n) is 10.7. The Morgan fingerprint density at radius 3 is 2.42 bits per heavy atom. The molecule has 1 aliphatic rings. The number of anilines is 1. The summed E-state index contributed by atoms with van der Waals surface area (Å²) in [5.41, 5.74) is 7.19. The Morgan fingerprint density at radius 2 is 1.84 bits per heavy atom. The monoisotopic (exact) mass is 268 g/mol. The lowest BCUT2D eigenvalue weighted by molar-refractivity contribution is -0.129. The molecule has 19 heavy (non-hydrogen) atoms. The summed E-state index contributed by atoms with van der Waals surface area (Å²) in [4.78, 5) is 11.9. The molecule has 1 aromatic rings. The maximum atomic E-state index is 13.0. The first-order chi connectivity index (χ1) is 8.96. The van der Waals surface area contributed by atoms with Crippen LogP contribution in [0.3, 0.4) is 0 Å². The van der Waals surface area contributed by atoms with Gasteiger partial charge in [0.15, 0.2) is 0 Å². The van der Waals surface area contributed by atoms with Crippen molar-refractivity contribution in [1.82, 2.24) is 5.32 Å². The second-order valence-electron chi connectivity index (χ2n) is 5.09. The van der Waals surface area contributed by atoms with E-state index in [2.05, 4.69) is 5.32 Å². The predicted octanol–water partition coefficient (Wildman–Crippen LogP) is 2.71. The number of benzene rings is 1. The van der Waals surface area contributed by atoms with E-state index in [0.717, 1.165) is 5.56 Å². The topological polar surface area (TPSA) is 55.1 Å². The van der Waals surface area contributed by atoms with Crippen molar-refractivity contribution in [2.45, 2.75) is 38.2 Å². The Balaban J connectivity index is 1.80. The summed E-state index contributed by atoms with van der Waals surface area (Å²) in [6.07, 6.45) is 0.154. The van der Waals surface area contributed by atoms with E-state index in [4.69, 9.17) is 5.73 Å². The summed E-state index contributed by atoms with van der Waals surface area (Å²) in [5.74, 6) is -3.01. The van der Waals surface area contributed by atoms with Crippen molar-refractivity contribution in [2.24, 2.45) is 5.92 Å². The summed E-state index contributed by atoms with van der Waals surface area (Å²) >= 11 is 0.